The molecule has 3 aliphatic rings. The van der Waals surface area contributed by atoms with E-state index in [-0.39, 0.29) is 30.8 Å². The number of hydrazine groups is 1. The molecular formula is C40H62N6O10. The SMILES string of the molecule is CC[C@H]1OC(=O)[C@H](C)C(=O)[C@H](C)[C@@H](O[C@@H]2O[C@H](C)CC(N(C)C)C2O)[C@](C)(OC)C[C@@H](C)C(=O)[C@H](C)[C@H]2N(NCCCn3nc4ccccc4n3)C(=O)O[C@]12C. The lowest BCUT2D eigenvalue weighted by molar-refractivity contribution is -0.295. The van der Waals surface area contributed by atoms with Gasteiger partial charge in [0, 0.05) is 37.5 Å². The summed E-state index contributed by atoms with van der Waals surface area (Å²) in [6.07, 6.45) is -3.76. The number of likely N-dealkylation sites (N-methyl/N-ethyl adjacent to an activating group) is 1. The summed E-state index contributed by atoms with van der Waals surface area (Å²) in [5.74, 6) is -5.15. The Balaban J connectivity index is 1.46. The summed E-state index contributed by atoms with van der Waals surface area (Å²) in [5.41, 5.74) is 2.00. The molecule has 3 fully saturated rings. The minimum Gasteiger partial charge on any atom is -0.458 e. The maximum Gasteiger partial charge on any atom is 0.425 e. The number of rotatable bonds is 10. The maximum atomic E-state index is 14.6. The molecule has 0 aliphatic carbocycles. The topological polar surface area (TPSA) is 184 Å². The molecule has 16 nitrogen and oxygen atoms in total. The zero-order valence-corrected chi connectivity index (χ0v) is 34.8. The lowest BCUT2D eigenvalue weighted by Crippen LogP contribution is -2.61. The quantitative estimate of drug-likeness (QED) is 0.203. The highest BCUT2D eigenvalue weighted by atomic mass is 16.7. The van der Waals surface area contributed by atoms with E-state index in [1.807, 2.05) is 50.2 Å². The molecule has 1 amide bonds. The standard InChI is InChI=1S/C40H62N6O10/c1-12-30-40(8)34(46(38(51)56-40)41-18-15-19-45-42-27-16-13-14-17-28(27)43-45)24(4)31(47)22(2)21-39(7,52-11)35(25(5)32(48)26(6)36(50)54-30)55-37-33(49)29(44(9)10)20-23(3)53-37/h13-14,16-17,22-26,29-30,33-35,37,41,49H,12,15,18-21H2,1-11H3/t22-,23-,24+,25+,26-,29?,30-,33?,34-,35-,37+,39-,40-/m1/s1. The van der Waals surface area contributed by atoms with Crippen LogP contribution >= 0.6 is 0 Å². The number of aliphatic hydroxyl groups is 1. The van der Waals surface area contributed by atoms with Crippen molar-refractivity contribution >= 4 is 34.7 Å². The van der Waals surface area contributed by atoms with E-state index in [4.69, 9.17) is 23.7 Å². The fourth-order valence-corrected chi connectivity index (χ4v) is 8.96. The molecule has 1 aromatic heterocycles. The highest BCUT2D eigenvalue weighted by molar-refractivity contribution is 6.00. The molecule has 1 aromatic carbocycles. The Hall–Kier alpha value is -3.54. The van der Waals surface area contributed by atoms with Crippen LogP contribution in [0.1, 0.15) is 81.1 Å². The second-order valence-electron chi connectivity index (χ2n) is 16.6. The number of aliphatic hydroxyl groups excluding tert-OH is 1. The predicted molar refractivity (Wildman–Crippen MR) is 205 cm³/mol. The number of hydrogen-bond acceptors (Lipinski definition) is 14. The number of ether oxygens (including phenoxy) is 5. The molecule has 0 bridgehead atoms. The Morgan fingerprint density at radius 2 is 1.64 bits per heavy atom. The number of ketones is 2. The summed E-state index contributed by atoms with van der Waals surface area (Å²) in [7, 11) is 5.22. The molecule has 0 spiro atoms. The molecule has 3 aliphatic heterocycles. The van der Waals surface area contributed by atoms with Crippen LogP contribution in [0.4, 0.5) is 4.79 Å². The summed E-state index contributed by atoms with van der Waals surface area (Å²) in [6, 6.07) is 6.38. The lowest BCUT2D eigenvalue weighted by Gasteiger charge is -2.47. The van der Waals surface area contributed by atoms with Gasteiger partial charge < -0.3 is 33.7 Å². The first-order chi connectivity index (χ1) is 26.4. The highest BCUT2D eigenvalue weighted by Gasteiger charge is 2.61. The largest absolute Gasteiger partial charge is 0.458 e. The van der Waals surface area contributed by atoms with Crippen LogP contribution in [-0.2, 0) is 44.6 Å². The van der Waals surface area contributed by atoms with Crippen LogP contribution < -0.4 is 5.43 Å². The fourth-order valence-electron chi connectivity index (χ4n) is 8.96. The van der Waals surface area contributed by atoms with E-state index in [9.17, 15) is 24.3 Å². The second kappa shape index (κ2) is 17.5. The van der Waals surface area contributed by atoms with E-state index >= 15 is 0 Å². The fraction of sp³-hybridized carbons (Fsp3) is 0.750. The van der Waals surface area contributed by atoms with Gasteiger partial charge in [0.1, 0.15) is 41.0 Å². The number of nitrogens with one attached hydrogen (secondary N) is 1. The highest BCUT2D eigenvalue weighted by Crippen LogP contribution is 2.42. The third kappa shape index (κ3) is 8.65. The van der Waals surface area contributed by atoms with Crippen molar-refractivity contribution in [1.29, 1.82) is 0 Å². The Bertz CT molecular complexity index is 1690. The Morgan fingerprint density at radius 3 is 2.23 bits per heavy atom. The van der Waals surface area contributed by atoms with Crippen molar-refractivity contribution < 1.29 is 48.0 Å². The first-order valence-corrected chi connectivity index (χ1v) is 19.9. The van der Waals surface area contributed by atoms with E-state index in [1.54, 1.807) is 46.3 Å². The summed E-state index contributed by atoms with van der Waals surface area (Å²) in [4.78, 5) is 60.1. The van der Waals surface area contributed by atoms with Gasteiger partial charge in [-0.2, -0.15) is 15.0 Å². The van der Waals surface area contributed by atoms with E-state index in [1.165, 1.54) is 19.0 Å². The number of amides is 1. The smallest absolute Gasteiger partial charge is 0.425 e. The average Bonchev–Trinajstić information content (AvgIpc) is 3.70. The molecule has 16 heteroatoms. The number of benzene rings is 1. The van der Waals surface area contributed by atoms with Gasteiger partial charge in [-0.25, -0.2) is 15.2 Å². The number of fused-ring (bicyclic) bond motifs is 2. The summed E-state index contributed by atoms with van der Waals surface area (Å²) >= 11 is 0. The van der Waals surface area contributed by atoms with Crippen molar-refractivity contribution in [2.24, 2.45) is 23.7 Å². The van der Waals surface area contributed by atoms with Crippen molar-refractivity contribution in [1.82, 2.24) is 30.3 Å². The van der Waals surface area contributed by atoms with Crippen molar-refractivity contribution in [3.63, 3.8) is 0 Å². The molecule has 3 saturated heterocycles. The second-order valence-corrected chi connectivity index (χ2v) is 16.6. The Morgan fingerprint density at radius 1 is 1.00 bits per heavy atom. The van der Waals surface area contributed by atoms with Crippen molar-refractivity contribution in [3.05, 3.63) is 24.3 Å². The van der Waals surface area contributed by atoms with Gasteiger partial charge in [-0.05, 0) is 79.6 Å². The molecule has 0 radical (unpaired) electrons. The van der Waals surface area contributed by atoms with Crippen LogP contribution in [-0.4, -0.2) is 135 Å². The maximum absolute atomic E-state index is 14.6. The number of methoxy groups -OCH3 is 1. The number of aromatic nitrogens is 3. The van der Waals surface area contributed by atoms with Gasteiger partial charge in [-0.1, -0.05) is 39.8 Å². The number of nitrogens with zero attached hydrogens (tertiary/aromatic N) is 5. The van der Waals surface area contributed by atoms with E-state index < -0.39 is 83.4 Å². The molecular weight excluding hydrogens is 724 g/mol. The molecule has 0 saturated carbocycles. The van der Waals surface area contributed by atoms with Crippen LogP contribution in [0.25, 0.3) is 11.0 Å². The van der Waals surface area contributed by atoms with Gasteiger partial charge in [0.15, 0.2) is 17.7 Å². The van der Waals surface area contributed by atoms with Gasteiger partial charge in [-0.15, -0.1) is 0 Å². The molecule has 2 N–H and O–H groups in total. The van der Waals surface area contributed by atoms with Gasteiger partial charge in [0.05, 0.1) is 24.4 Å². The average molecular weight is 787 g/mol. The monoisotopic (exact) mass is 786 g/mol. The van der Waals surface area contributed by atoms with Crippen LogP contribution in [0.2, 0.25) is 0 Å². The first-order valence-electron chi connectivity index (χ1n) is 19.9. The molecule has 5 rings (SSSR count). The summed E-state index contributed by atoms with van der Waals surface area (Å²) < 4.78 is 31.0. The predicted octanol–water partition coefficient (Wildman–Crippen LogP) is 3.53. The number of Topliss-reactive ketones (excluding diaryl/α,β-unsaturated/α-hetero) is 2. The summed E-state index contributed by atoms with van der Waals surface area (Å²) in [6.45, 7) is 14.6. The molecule has 312 valence electrons. The Labute approximate surface area is 329 Å². The van der Waals surface area contributed by atoms with Gasteiger partial charge >= 0.3 is 12.1 Å². The number of cyclic esters (lactones) is 1. The zero-order valence-electron chi connectivity index (χ0n) is 34.8. The Kier molecular flexibility index (Phi) is 13.6. The van der Waals surface area contributed by atoms with Crippen LogP contribution in [0.15, 0.2) is 24.3 Å². The number of carbonyl (C=O) groups excluding carboxylic acids is 4. The van der Waals surface area contributed by atoms with E-state index in [0.29, 0.717) is 25.9 Å². The van der Waals surface area contributed by atoms with E-state index in [2.05, 4.69) is 15.6 Å². The minimum atomic E-state index is -1.46. The number of carbonyl (C=O) groups is 4. The van der Waals surface area contributed by atoms with Gasteiger partial charge in [-0.3, -0.25) is 14.4 Å². The van der Waals surface area contributed by atoms with Crippen LogP contribution in [0, 0.1) is 23.7 Å². The van der Waals surface area contributed by atoms with Crippen molar-refractivity contribution in [2.75, 3.05) is 27.7 Å². The molecule has 2 unspecified atom stereocenters. The minimum absolute atomic E-state index is 0.108. The third-order valence-corrected chi connectivity index (χ3v) is 12.2. The molecule has 2 aromatic rings. The first kappa shape index (κ1) is 43.6. The number of esters is 1. The van der Waals surface area contributed by atoms with E-state index in [0.717, 1.165) is 11.0 Å². The van der Waals surface area contributed by atoms with Gasteiger partial charge in [0.25, 0.3) is 0 Å². The molecule has 13 atom stereocenters. The van der Waals surface area contributed by atoms with Crippen LogP contribution in [0.3, 0.4) is 0 Å². The number of hydrogen-bond donors (Lipinski definition) is 2. The van der Waals surface area contributed by atoms with Crippen LogP contribution in [0.5, 0.6) is 0 Å². The molecule has 4 heterocycles. The normalized spacial score (nSPS) is 37.7. The molecule has 56 heavy (non-hydrogen) atoms. The van der Waals surface area contributed by atoms with Crippen molar-refractivity contribution in [3.8, 4) is 0 Å². The third-order valence-electron chi connectivity index (χ3n) is 12.2. The lowest BCUT2D eigenvalue weighted by atomic mass is 9.73. The van der Waals surface area contributed by atoms with Crippen molar-refractivity contribution in [2.45, 2.75) is 142 Å². The number of aryl methyl sites for hydroxylation is 1. The van der Waals surface area contributed by atoms with Gasteiger partial charge in [0.2, 0.25) is 0 Å². The zero-order chi connectivity index (χ0) is 41.3. The summed E-state index contributed by atoms with van der Waals surface area (Å²) in [5, 5.41) is 21.8.